The summed E-state index contributed by atoms with van der Waals surface area (Å²) < 4.78 is 14.5. The first kappa shape index (κ1) is 55.6. The van der Waals surface area contributed by atoms with E-state index < -0.39 is 10.8 Å². The second kappa shape index (κ2) is 20.0. The summed E-state index contributed by atoms with van der Waals surface area (Å²) in [4.78, 5) is 4.82. The molecule has 13 aromatic carbocycles. The van der Waals surface area contributed by atoms with Crippen LogP contribution in [0.15, 0.2) is 264 Å². The average Bonchev–Trinajstić information content (AvgIpc) is 1.52. The molecule has 0 N–H and O–H groups in total. The lowest BCUT2D eigenvalue weighted by Gasteiger charge is -2.28. The highest BCUT2D eigenvalue weighted by atomic mass is 16.3. The number of hydrogen-bond acceptors (Lipinski definition) is 4. The number of furan rings is 2. The molecule has 4 nitrogen and oxygen atoms in total. The lowest BCUT2D eigenvalue weighted by atomic mass is 9.79. The molecule has 0 radical (unpaired) electrons. The molecule has 0 spiro atoms. The molecular weight excluding hydrogens is 1120 g/mol. The van der Waals surface area contributed by atoms with Crippen molar-refractivity contribution in [1.29, 1.82) is 0 Å². The van der Waals surface area contributed by atoms with Crippen LogP contribution in [0.3, 0.4) is 0 Å². The predicted octanol–water partition coefficient (Wildman–Crippen LogP) is 25.3. The second-order valence-electron chi connectivity index (χ2n) is 28.8. The van der Waals surface area contributed by atoms with E-state index >= 15 is 0 Å². The maximum absolute atomic E-state index is 7.27. The number of anilines is 6. The number of rotatable bonds is 8. The standard InChI is InChI=1S/C88H72N2O2/c1-85(2,3)69-47-45-59(61-29-17-19-31-63(61)69)53-37-41-57(42-38-53)89(55-25-13-11-14-26-55)75-51-73-79(81-65-33-21-23-35-77(65)91-83(75)81)67-49-72-68(50-71(67)87(73,7)8)80-74(88(72,9)10)52-76(84-82(80)66-34-22-24-36-78(66)92-84)90(56-27-15-12-16-28-56)58-43-39-54(40-44-58)60-46-48-70(86(4,5)6)64-32-20-18-30-62(60)64/h11-52H,1-10H3. The fourth-order valence-corrected chi connectivity index (χ4v) is 16.0. The van der Waals surface area contributed by atoms with E-state index in [1.165, 1.54) is 99.4 Å². The van der Waals surface area contributed by atoms with Crippen LogP contribution in [-0.4, -0.2) is 0 Å². The minimum atomic E-state index is -0.422. The van der Waals surface area contributed by atoms with Crippen LogP contribution in [-0.2, 0) is 21.7 Å². The minimum absolute atomic E-state index is 0.0146. The molecule has 0 saturated heterocycles. The van der Waals surface area contributed by atoms with Gasteiger partial charge in [0, 0.05) is 55.1 Å². The molecule has 4 heteroatoms. The zero-order valence-corrected chi connectivity index (χ0v) is 54.0. The molecule has 0 atom stereocenters. The Hall–Kier alpha value is -10.4. The molecule has 2 aliphatic carbocycles. The zero-order chi connectivity index (χ0) is 62.7. The van der Waals surface area contributed by atoms with Crippen LogP contribution in [0.1, 0.15) is 103 Å². The van der Waals surface area contributed by atoms with E-state index in [9.17, 15) is 0 Å². The van der Waals surface area contributed by atoms with Gasteiger partial charge in [0.15, 0.2) is 11.2 Å². The third kappa shape index (κ3) is 8.28. The lowest BCUT2D eigenvalue weighted by molar-refractivity contribution is 0.595. The summed E-state index contributed by atoms with van der Waals surface area (Å²) in [5.74, 6) is 0. The highest BCUT2D eigenvalue weighted by Crippen LogP contribution is 2.63. The summed E-state index contributed by atoms with van der Waals surface area (Å²) in [6.45, 7) is 23.5. The molecule has 0 amide bonds. The van der Waals surface area contributed by atoms with Gasteiger partial charge in [0.25, 0.3) is 0 Å². The van der Waals surface area contributed by atoms with Crippen molar-refractivity contribution in [2.45, 2.75) is 90.9 Å². The summed E-state index contributed by atoms with van der Waals surface area (Å²) in [6.07, 6.45) is 0. The molecule has 15 aromatic rings. The molecule has 446 valence electrons. The van der Waals surface area contributed by atoms with Crippen LogP contribution in [0.5, 0.6) is 0 Å². The first-order chi connectivity index (χ1) is 44.4. The van der Waals surface area contributed by atoms with E-state index in [1.807, 2.05) is 0 Å². The van der Waals surface area contributed by atoms with Crippen LogP contribution in [0.2, 0.25) is 0 Å². The van der Waals surface area contributed by atoms with Gasteiger partial charge in [-0.15, -0.1) is 0 Å². The van der Waals surface area contributed by atoms with Gasteiger partial charge in [0.1, 0.15) is 11.2 Å². The van der Waals surface area contributed by atoms with Gasteiger partial charge >= 0.3 is 0 Å². The number of fused-ring (bicyclic) bond motifs is 16. The SMILES string of the molecule is CC(C)(C)c1ccc(-c2ccc(N(c3ccccc3)c3cc4c(c5c3oc3ccccc35)-c3cc5c(cc3C4(C)C)-c3c(cc(N(c4ccccc4)c4ccc(-c6ccc(C(C)(C)C)c7ccccc67)cc4)c4oc6ccccc6c34)C5(C)C)cc2)c2ccccc12. The zero-order valence-electron chi connectivity index (χ0n) is 54.0. The van der Waals surface area contributed by atoms with Crippen LogP contribution in [0.4, 0.5) is 34.1 Å². The monoisotopic (exact) mass is 1190 g/mol. The van der Waals surface area contributed by atoms with Crippen LogP contribution >= 0.6 is 0 Å². The first-order valence-corrected chi connectivity index (χ1v) is 32.6. The van der Waals surface area contributed by atoms with Crippen molar-refractivity contribution in [2.75, 3.05) is 9.80 Å². The van der Waals surface area contributed by atoms with Crippen molar-refractivity contribution in [3.8, 4) is 44.5 Å². The molecule has 2 aliphatic rings. The number of nitrogens with zero attached hydrogens (tertiary/aromatic N) is 2. The average molecular weight is 1190 g/mol. The van der Waals surface area contributed by atoms with Crippen molar-refractivity contribution in [3.63, 3.8) is 0 Å². The first-order valence-electron chi connectivity index (χ1n) is 32.6. The summed E-state index contributed by atoms with van der Waals surface area (Å²) in [5.41, 5.74) is 26.6. The van der Waals surface area contributed by atoms with E-state index in [0.29, 0.717) is 0 Å². The quantitative estimate of drug-likeness (QED) is 0.152. The van der Waals surface area contributed by atoms with E-state index in [-0.39, 0.29) is 10.8 Å². The summed E-state index contributed by atoms with van der Waals surface area (Å²) >= 11 is 0. The Bertz CT molecular complexity index is 5170. The van der Waals surface area contributed by atoms with Gasteiger partial charge in [-0.25, -0.2) is 0 Å². The smallest absolute Gasteiger partial charge is 0.160 e. The van der Waals surface area contributed by atoms with Crippen LogP contribution in [0, 0.1) is 0 Å². The Labute approximate surface area is 538 Å². The molecule has 2 heterocycles. The molecular formula is C88H72N2O2. The molecule has 0 bridgehead atoms. The third-order valence-corrected chi connectivity index (χ3v) is 20.5. The Balaban J connectivity index is 0.833. The number of hydrogen-bond donors (Lipinski definition) is 0. The fraction of sp³-hybridized carbons (Fsp3) is 0.159. The molecule has 0 unspecified atom stereocenters. The molecule has 0 aliphatic heterocycles. The van der Waals surface area contributed by atoms with Gasteiger partial charge in [-0.05, 0) is 195 Å². The molecule has 17 rings (SSSR count). The van der Waals surface area contributed by atoms with Gasteiger partial charge in [0.2, 0.25) is 0 Å². The number of benzene rings is 13. The van der Waals surface area contributed by atoms with Gasteiger partial charge in [-0.1, -0.05) is 239 Å². The molecule has 0 fully saturated rings. The van der Waals surface area contributed by atoms with Crippen molar-refractivity contribution < 1.29 is 8.83 Å². The highest BCUT2D eigenvalue weighted by molar-refractivity contribution is 6.22. The Morgan fingerprint density at radius 3 is 0.989 bits per heavy atom. The molecule has 2 aromatic heterocycles. The van der Waals surface area contributed by atoms with Crippen molar-refractivity contribution in [1.82, 2.24) is 0 Å². The largest absolute Gasteiger partial charge is 0.454 e. The van der Waals surface area contributed by atoms with E-state index in [1.54, 1.807) is 0 Å². The summed E-state index contributed by atoms with van der Waals surface area (Å²) in [7, 11) is 0. The van der Waals surface area contributed by atoms with Crippen LogP contribution < -0.4 is 9.80 Å². The van der Waals surface area contributed by atoms with E-state index in [2.05, 4.69) is 334 Å². The van der Waals surface area contributed by atoms with Gasteiger partial charge < -0.3 is 18.6 Å². The second-order valence-corrected chi connectivity index (χ2v) is 28.8. The van der Waals surface area contributed by atoms with Crippen molar-refractivity contribution in [2.24, 2.45) is 0 Å². The molecule has 0 saturated carbocycles. The van der Waals surface area contributed by atoms with E-state index in [4.69, 9.17) is 8.83 Å². The minimum Gasteiger partial charge on any atom is -0.454 e. The maximum Gasteiger partial charge on any atom is 0.160 e. The topological polar surface area (TPSA) is 32.8 Å². The molecule has 92 heavy (non-hydrogen) atoms. The fourth-order valence-electron chi connectivity index (χ4n) is 16.0. The van der Waals surface area contributed by atoms with Gasteiger partial charge in [-0.3, -0.25) is 0 Å². The maximum atomic E-state index is 7.27. The van der Waals surface area contributed by atoms with Gasteiger partial charge in [0.05, 0.1) is 11.4 Å². The Kier molecular flexibility index (Phi) is 12.1. The summed E-state index contributed by atoms with van der Waals surface area (Å²) in [5, 5.41) is 9.63. The third-order valence-electron chi connectivity index (χ3n) is 20.5. The lowest BCUT2D eigenvalue weighted by Crippen LogP contribution is -2.18. The number of para-hydroxylation sites is 4. The normalized spacial score (nSPS) is 13.9. The highest BCUT2D eigenvalue weighted by Gasteiger charge is 2.45. The van der Waals surface area contributed by atoms with Gasteiger partial charge in [-0.2, -0.15) is 0 Å². The predicted molar refractivity (Wildman–Crippen MR) is 389 cm³/mol. The van der Waals surface area contributed by atoms with Crippen molar-refractivity contribution >= 4 is 99.5 Å². The van der Waals surface area contributed by atoms with Crippen LogP contribution in [0.25, 0.3) is 110 Å². The van der Waals surface area contributed by atoms with E-state index in [0.717, 1.165) is 78.0 Å². The summed E-state index contributed by atoms with van der Waals surface area (Å²) in [6, 6.07) is 94.2. The Morgan fingerprint density at radius 2 is 0.620 bits per heavy atom. The Morgan fingerprint density at radius 1 is 0.293 bits per heavy atom. The van der Waals surface area contributed by atoms with Crippen molar-refractivity contribution in [3.05, 3.63) is 288 Å².